The molecule has 0 heterocycles. The van der Waals surface area contributed by atoms with Crippen molar-refractivity contribution < 1.29 is 17.9 Å². The smallest absolute Gasteiger partial charge is 0.264 e. The van der Waals surface area contributed by atoms with Gasteiger partial charge in [-0.1, -0.05) is 66.7 Å². The zero-order chi connectivity index (χ0) is 27.0. The number of hydrogen-bond acceptors (Lipinski definition) is 5. The van der Waals surface area contributed by atoms with Crippen molar-refractivity contribution in [2.45, 2.75) is 25.3 Å². The van der Waals surface area contributed by atoms with Crippen molar-refractivity contribution in [3.05, 3.63) is 125 Å². The van der Waals surface area contributed by atoms with Crippen LogP contribution in [0.15, 0.2) is 113 Å². The van der Waals surface area contributed by atoms with Gasteiger partial charge in [0.1, 0.15) is 18.9 Å². The van der Waals surface area contributed by atoms with Gasteiger partial charge in [0.15, 0.2) is 0 Å². The summed E-state index contributed by atoms with van der Waals surface area (Å²) in [4.78, 5) is 13.0. The number of anilines is 1. The van der Waals surface area contributed by atoms with E-state index in [-0.39, 0.29) is 4.90 Å². The van der Waals surface area contributed by atoms with E-state index >= 15 is 0 Å². The molecule has 0 fully saturated rings. The first-order chi connectivity index (χ1) is 18.3. The Labute approximate surface area is 223 Å². The Morgan fingerprint density at radius 1 is 0.868 bits per heavy atom. The van der Waals surface area contributed by atoms with E-state index < -0.39 is 22.5 Å². The highest BCUT2D eigenvalue weighted by Gasteiger charge is 2.27. The van der Waals surface area contributed by atoms with Crippen LogP contribution in [0.2, 0.25) is 0 Å². The van der Waals surface area contributed by atoms with Gasteiger partial charge in [0.2, 0.25) is 0 Å². The Bertz CT molecular complexity index is 1520. The van der Waals surface area contributed by atoms with Gasteiger partial charge in [-0.3, -0.25) is 9.10 Å². The molecule has 0 aromatic heterocycles. The van der Waals surface area contributed by atoms with Gasteiger partial charge >= 0.3 is 0 Å². The second kappa shape index (κ2) is 12.2. The lowest BCUT2D eigenvalue weighted by Crippen LogP contribution is -2.39. The fourth-order valence-electron chi connectivity index (χ4n) is 3.71. The second-order valence-corrected chi connectivity index (χ2v) is 10.6. The van der Waals surface area contributed by atoms with Crippen molar-refractivity contribution in [2.75, 3.05) is 10.8 Å². The van der Waals surface area contributed by atoms with Gasteiger partial charge < -0.3 is 4.74 Å². The Morgan fingerprint density at radius 3 is 2.24 bits per heavy atom. The molecule has 0 saturated heterocycles. The van der Waals surface area contributed by atoms with Crippen LogP contribution in [-0.2, 0) is 21.4 Å². The van der Waals surface area contributed by atoms with Crippen LogP contribution in [0.25, 0.3) is 0 Å². The number of benzene rings is 4. The number of hydrogen-bond donors (Lipinski definition) is 1. The third kappa shape index (κ3) is 6.66. The molecule has 0 aliphatic carbocycles. The molecule has 0 unspecified atom stereocenters. The number of hydrazone groups is 1. The van der Waals surface area contributed by atoms with Gasteiger partial charge in [-0.05, 0) is 66.9 Å². The Hall–Kier alpha value is -4.43. The topological polar surface area (TPSA) is 88.1 Å². The van der Waals surface area contributed by atoms with E-state index in [0.717, 1.165) is 21.0 Å². The summed E-state index contributed by atoms with van der Waals surface area (Å²) in [5, 5.41) is 4.06. The summed E-state index contributed by atoms with van der Waals surface area (Å²) in [6.07, 6.45) is 1.48. The second-order valence-electron chi connectivity index (χ2n) is 8.70. The first kappa shape index (κ1) is 26.6. The first-order valence-corrected chi connectivity index (χ1v) is 13.5. The Morgan fingerprint density at radius 2 is 1.53 bits per heavy atom. The van der Waals surface area contributed by atoms with Gasteiger partial charge in [-0.2, -0.15) is 5.10 Å². The molecule has 1 amide bonds. The quantitative estimate of drug-likeness (QED) is 0.226. The Kier molecular flexibility index (Phi) is 8.55. The number of para-hydroxylation sites is 1. The number of amides is 1. The van der Waals surface area contributed by atoms with Crippen molar-refractivity contribution in [1.29, 1.82) is 0 Å². The number of sulfonamides is 1. The van der Waals surface area contributed by atoms with E-state index in [2.05, 4.69) is 10.5 Å². The summed E-state index contributed by atoms with van der Waals surface area (Å²) in [5.74, 6) is 0.0273. The van der Waals surface area contributed by atoms with Crippen LogP contribution in [0.3, 0.4) is 0 Å². The minimum Gasteiger partial charge on any atom is -0.488 e. The molecular weight excluding hydrogens is 498 g/mol. The van der Waals surface area contributed by atoms with Crippen LogP contribution in [0.5, 0.6) is 5.75 Å². The van der Waals surface area contributed by atoms with Crippen molar-refractivity contribution >= 4 is 27.8 Å². The average Bonchev–Trinajstić information content (AvgIpc) is 2.94. The lowest BCUT2D eigenvalue weighted by Gasteiger charge is -2.24. The maximum absolute atomic E-state index is 13.5. The molecule has 0 spiro atoms. The summed E-state index contributed by atoms with van der Waals surface area (Å²) in [5.41, 5.74) is 6.49. The SMILES string of the molecule is Cc1ccc(N(CC(=O)N/N=C\c2ccccc2OCc2ccccc2)S(=O)(=O)c2ccccc2)cc1C. The van der Waals surface area contributed by atoms with E-state index in [9.17, 15) is 13.2 Å². The van der Waals surface area contributed by atoms with Gasteiger partial charge in [0, 0.05) is 5.56 Å². The standard InChI is InChI=1S/C30H29N3O4S/c1-23-17-18-27(19-24(23)2)33(38(35,36)28-14-7-4-8-15-28)21-30(34)32-31-20-26-13-9-10-16-29(26)37-22-25-11-5-3-6-12-25/h3-20H,21-22H2,1-2H3,(H,32,34)/b31-20-. The highest BCUT2D eigenvalue weighted by atomic mass is 32.2. The average molecular weight is 528 g/mol. The number of carbonyl (C=O) groups excluding carboxylic acids is 1. The van der Waals surface area contributed by atoms with Crippen LogP contribution in [0.1, 0.15) is 22.3 Å². The maximum Gasteiger partial charge on any atom is 0.264 e. The van der Waals surface area contributed by atoms with E-state index in [1.807, 2.05) is 74.5 Å². The van der Waals surface area contributed by atoms with Gasteiger partial charge in [0.05, 0.1) is 16.8 Å². The van der Waals surface area contributed by atoms with Crippen LogP contribution in [0.4, 0.5) is 5.69 Å². The molecule has 0 atom stereocenters. The fraction of sp³-hybridized carbons (Fsp3) is 0.133. The fourth-order valence-corrected chi connectivity index (χ4v) is 5.14. The monoisotopic (exact) mass is 527 g/mol. The summed E-state index contributed by atoms with van der Waals surface area (Å²) in [6.45, 7) is 3.79. The van der Waals surface area contributed by atoms with Crippen LogP contribution in [0, 0.1) is 13.8 Å². The summed E-state index contributed by atoms with van der Waals surface area (Å²) in [7, 11) is -4.00. The minimum atomic E-state index is -4.00. The maximum atomic E-state index is 13.5. The van der Waals surface area contributed by atoms with Crippen molar-refractivity contribution in [3.8, 4) is 5.75 Å². The van der Waals surface area contributed by atoms with Crippen molar-refractivity contribution in [3.63, 3.8) is 0 Å². The molecule has 194 valence electrons. The number of aryl methyl sites for hydroxylation is 2. The van der Waals surface area contributed by atoms with E-state index in [0.29, 0.717) is 23.6 Å². The molecule has 1 N–H and O–H groups in total. The number of carbonyl (C=O) groups is 1. The molecule has 0 radical (unpaired) electrons. The van der Waals surface area contributed by atoms with Gasteiger partial charge in [0.25, 0.3) is 15.9 Å². The van der Waals surface area contributed by atoms with E-state index in [4.69, 9.17) is 4.74 Å². The molecule has 4 aromatic rings. The number of nitrogens with one attached hydrogen (secondary N) is 1. The van der Waals surface area contributed by atoms with E-state index in [1.165, 1.54) is 18.3 Å². The van der Waals surface area contributed by atoms with Crippen LogP contribution >= 0.6 is 0 Å². The molecule has 0 saturated carbocycles. The third-order valence-corrected chi connectivity index (χ3v) is 7.73. The zero-order valence-corrected chi connectivity index (χ0v) is 22.1. The summed E-state index contributed by atoms with van der Waals surface area (Å²) < 4.78 is 34.0. The molecule has 0 aliphatic rings. The molecule has 38 heavy (non-hydrogen) atoms. The number of rotatable bonds is 10. The molecule has 4 rings (SSSR count). The Balaban J connectivity index is 1.50. The van der Waals surface area contributed by atoms with Crippen LogP contribution < -0.4 is 14.5 Å². The normalized spacial score (nSPS) is 11.3. The lowest BCUT2D eigenvalue weighted by molar-refractivity contribution is -0.119. The lowest BCUT2D eigenvalue weighted by atomic mass is 10.1. The number of ether oxygens (including phenoxy) is 1. The molecule has 4 aromatic carbocycles. The predicted octanol–water partition coefficient (Wildman–Crippen LogP) is 5.23. The summed E-state index contributed by atoms with van der Waals surface area (Å²) >= 11 is 0. The molecule has 0 aliphatic heterocycles. The van der Waals surface area contributed by atoms with Crippen molar-refractivity contribution in [1.82, 2.24) is 5.43 Å². The highest BCUT2D eigenvalue weighted by molar-refractivity contribution is 7.92. The zero-order valence-electron chi connectivity index (χ0n) is 21.2. The van der Waals surface area contributed by atoms with Crippen molar-refractivity contribution in [2.24, 2.45) is 5.10 Å². The van der Waals surface area contributed by atoms with Crippen LogP contribution in [-0.4, -0.2) is 27.1 Å². The molecular formula is C30H29N3O4S. The van der Waals surface area contributed by atoms with Gasteiger partial charge in [-0.15, -0.1) is 0 Å². The number of nitrogens with zero attached hydrogens (tertiary/aromatic N) is 2. The highest BCUT2D eigenvalue weighted by Crippen LogP contribution is 2.25. The molecule has 0 bridgehead atoms. The minimum absolute atomic E-state index is 0.0963. The first-order valence-electron chi connectivity index (χ1n) is 12.1. The van der Waals surface area contributed by atoms with Gasteiger partial charge in [-0.25, -0.2) is 13.8 Å². The third-order valence-electron chi connectivity index (χ3n) is 5.95. The molecule has 8 heteroatoms. The predicted molar refractivity (Wildman–Crippen MR) is 150 cm³/mol. The van der Waals surface area contributed by atoms with E-state index in [1.54, 1.807) is 30.3 Å². The molecule has 7 nitrogen and oxygen atoms in total. The largest absolute Gasteiger partial charge is 0.488 e. The summed E-state index contributed by atoms with van der Waals surface area (Å²) in [6, 6.07) is 30.4.